The van der Waals surface area contributed by atoms with Gasteiger partial charge in [-0.05, 0) is 18.9 Å². The van der Waals surface area contributed by atoms with Crippen LogP contribution in [0.25, 0.3) is 0 Å². The van der Waals surface area contributed by atoms with Gasteiger partial charge in [-0.2, -0.15) is 5.10 Å². The molecule has 0 saturated carbocycles. The highest BCUT2D eigenvalue weighted by Crippen LogP contribution is 2.23. The van der Waals surface area contributed by atoms with Crippen LogP contribution in [0.1, 0.15) is 13.3 Å². The van der Waals surface area contributed by atoms with Gasteiger partial charge in [-0.15, -0.1) is 0 Å². The van der Waals surface area contributed by atoms with Crippen LogP contribution in [0, 0.1) is 5.92 Å². The Balaban J connectivity index is 1.86. The summed E-state index contributed by atoms with van der Waals surface area (Å²) >= 11 is 0. The second-order valence-electron chi connectivity index (χ2n) is 4.59. The van der Waals surface area contributed by atoms with E-state index < -0.39 is 0 Å². The zero-order chi connectivity index (χ0) is 11.5. The molecular formula is C11H20N4O. The molecule has 0 spiro atoms. The van der Waals surface area contributed by atoms with Crippen molar-refractivity contribution in [3.63, 3.8) is 0 Å². The predicted molar refractivity (Wildman–Crippen MR) is 62.9 cm³/mol. The molecule has 0 aliphatic carbocycles. The minimum atomic E-state index is 0.252. The van der Waals surface area contributed by atoms with E-state index in [1.54, 1.807) is 6.20 Å². The Bertz CT molecular complexity index is 338. The van der Waals surface area contributed by atoms with Crippen molar-refractivity contribution in [1.29, 1.82) is 0 Å². The Labute approximate surface area is 95.8 Å². The summed E-state index contributed by atoms with van der Waals surface area (Å²) in [5, 5.41) is 13.5. The number of likely N-dealkylation sites (tertiary alicyclic amines) is 1. The first-order valence-corrected chi connectivity index (χ1v) is 5.83. The molecule has 1 fully saturated rings. The molecule has 2 unspecified atom stereocenters. The maximum absolute atomic E-state index is 9.32. The highest BCUT2D eigenvalue weighted by molar-refractivity contribution is 5.30. The lowest BCUT2D eigenvalue weighted by Gasteiger charge is -2.24. The molecule has 1 aromatic heterocycles. The molecule has 2 heterocycles. The van der Waals surface area contributed by atoms with Crippen LogP contribution in [0.5, 0.6) is 0 Å². The van der Waals surface area contributed by atoms with Crippen molar-refractivity contribution in [3.05, 3.63) is 12.4 Å². The largest absolute Gasteiger partial charge is 0.396 e. The number of aromatic nitrogens is 2. The fourth-order valence-electron chi connectivity index (χ4n) is 2.39. The first-order chi connectivity index (χ1) is 7.70. The molecule has 1 aliphatic heterocycles. The van der Waals surface area contributed by atoms with Crippen LogP contribution >= 0.6 is 0 Å². The van der Waals surface area contributed by atoms with E-state index in [9.17, 15) is 5.11 Å². The highest BCUT2D eigenvalue weighted by atomic mass is 16.3. The average Bonchev–Trinajstić information content (AvgIpc) is 2.82. The second-order valence-corrected chi connectivity index (χ2v) is 4.59. The molecule has 1 aromatic rings. The Morgan fingerprint density at radius 3 is 3.00 bits per heavy atom. The number of anilines is 1. The lowest BCUT2D eigenvalue weighted by atomic mass is 10.0. The summed E-state index contributed by atoms with van der Waals surface area (Å²) in [6, 6.07) is 0.313. The molecule has 2 rings (SSSR count). The van der Waals surface area contributed by atoms with E-state index in [0.717, 1.165) is 19.6 Å². The van der Waals surface area contributed by atoms with Gasteiger partial charge in [-0.1, -0.05) is 6.92 Å². The van der Waals surface area contributed by atoms with Gasteiger partial charge in [0.1, 0.15) is 0 Å². The van der Waals surface area contributed by atoms with E-state index in [2.05, 4.69) is 16.9 Å². The third-order valence-corrected chi connectivity index (χ3v) is 3.45. The minimum absolute atomic E-state index is 0.252. The summed E-state index contributed by atoms with van der Waals surface area (Å²) in [7, 11) is 0. The topological polar surface area (TPSA) is 67.3 Å². The Morgan fingerprint density at radius 1 is 1.56 bits per heavy atom. The van der Waals surface area contributed by atoms with E-state index >= 15 is 0 Å². The van der Waals surface area contributed by atoms with Crippen molar-refractivity contribution in [3.8, 4) is 0 Å². The van der Waals surface area contributed by atoms with Crippen LogP contribution < -0.4 is 5.73 Å². The summed E-state index contributed by atoms with van der Waals surface area (Å²) in [5.74, 6) is 0.590. The Morgan fingerprint density at radius 2 is 2.38 bits per heavy atom. The lowest BCUT2D eigenvalue weighted by Crippen LogP contribution is -2.37. The maximum Gasteiger partial charge on any atom is 0.0719 e. The summed E-state index contributed by atoms with van der Waals surface area (Å²) in [4.78, 5) is 2.34. The molecule has 90 valence electrons. The number of rotatable bonds is 4. The van der Waals surface area contributed by atoms with Crippen molar-refractivity contribution in [2.45, 2.75) is 25.9 Å². The molecule has 0 bridgehead atoms. The van der Waals surface area contributed by atoms with E-state index in [4.69, 9.17) is 5.73 Å². The van der Waals surface area contributed by atoms with Crippen molar-refractivity contribution in [2.75, 3.05) is 25.4 Å². The molecule has 2 atom stereocenters. The number of aliphatic hydroxyl groups is 1. The molecule has 0 radical (unpaired) electrons. The van der Waals surface area contributed by atoms with E-state index in [1.165, 1.54) is 6.42 Å². The van der Waals surface area contributed by atoms with Crippen LogP contribution in [0.15, 0.2) is 12.4 Å². The van der Waals surface area contributed by atoms with Gasteiger partial charge in [-0.25, -0.2) is 0 Å². The fourth-order valence-corrected chi connectivity index (χ4v) is 2.39. The molecule has 1 aliphatic rings. The van der Waals surface area contributed by atoms with E-state index in [-0.39, 0.29) is 6.61 Å². The molecular weight excluding hydrogens is 204 g/mol. The summed E-state index contributed by atoms with van der Waals surface area (Å²) in [5.41, 5.74) is 6.30. The number of hydrogen-bond acceptors (Lipinski definition) is 4. The SMILES string of the molecule is CC1CCN(CCn2cc(N)cn2)C1CO. The van der Waals surface area contributed by atoms with Crippen molar-refractivity contribution in [1.82, 2.24) is 14.7 Å². The fraction of sp³-hybridized carbons (Fsp3) is 0.727. The zero-order valence-corrected chi connectivity index (χ0v) is 9.71. The molecule has 5 heteroatoms. The standard InChI is InChI=1S/C11H20N4O/c1-9-2-3-14(11(9)8-16)4-5-15-7-10(12)6-13-15/h6-7,9,11,16H,2-5,8,12H2,1H3. The Kier molecular flexibility index (Phi) is 3.46. The van der Waals surface area contributed by atoms with Crippen LogP contribution in [-0.2, 0) is 6.54 Å². The molecule has 16 heavy (non-hydrogen) atoms. The van der Waals surface area contributed by atoms with Crippen LogP contribution in [-0.4, -0.2) is 45.5 Å². The first-order valence-electron chi connectivity index (χ1n) is 5.83. The first kappa shape index (κ1) is 11.4. The zero-order valence-electron chi connectivity index (χ0n) is 9.71. The summed E-state index contributed by atoms with van der Waals surface area (Å²) in [6.07, 6.45) is 4.68. The van der Waals surface area contributed by atoms with Gasteiger partial charge < -0.3 is 10.8 Å². The Hall–Kier alpha value is -1.07. The number of aliphatic hydroxyl groups excluding tert-OH is 1. The maximum atomic E-state index is 9.32. The van der Waals surface area contributed by atoms with Crippen molar-refractivity contribution >= 4 is 5.69 Å². The number of nitrogen functional groups attached to an aromatic ring is 1. The number of nitrogens with zero attached hydrogens (tertiary/aromatic N) is 3. The predicted octanol–water partition coefficient (Wildman–Crippen LogP) is 0.168. The van der Waals surface area contributed by atoms with Gasteiger partial charge in [0.05, 0.1) is 25.0 Å². The smallest absolute Gasteiger partial charge is 0.0719 e. The molecule has 3 N–H and O–H groups in total. The van der Waals surface area contributed by atoms with Gasteiger partial charge in [0, 0.05) is 18.8 Å². The monoisotopic (exact) mass is 224 g/mol. The minimum Gasteiger partial charge on any atom is -0.396 e. The van der Waals surface area contributed by atoms with Gasteiger partial charge in [0.15, 0.2) is 0 Å². The van der Waals surface area contributed by atoms with Crippen LogP contribution in [0.3, 0.4) is 0 Å². The third kappa shape index (κ3) is 2.36. The van der Waals surface area contributed by atoms with Gasteiger partial charge >= 0.3 is 0 Å². The molecule has 5 nitrogen and oxygen atoms in total. The van der Waals surface area contributed by atoms with E-state index in [0.29, 0.717) is 17.6 Å². The van der Waals surface area contributed by atoms with E-state index in [1.807, 2.05) is 10.9 Å². The normalized spacial score (nSPS) is 26.4. The van der Waals surface area contributed by atoms with Crippen LogP contribution in [0.2, 0.25) is 0 Å². The van der Waals surface area contributed by atoms with Crippen LogP contribution in [0.4, 0.5) is 5.69 Å². The number of hydrogen-bond donors (Lipinski definition) is 2. The average molecular weight is 224 g/mol. The lowest BCUT2D eigenvalue weighted by molar-refractivity contribution is 0.135. The molecule has 1 saturated heterocycles. The van der Waals surface area contributed by atoms with Gasteiger partial charge in [0.25, 0.3) is 0 Å². The second kappa shape index (κ2) is 4.84. The number of nitrogens with two attached hydrogens (primary N) is 1. The van der Waals surface area contributed by atoms with Gasteiger partial charge in [-0.3, -0.25) is 9.58 Å². The summed E-state index contributed by atoms with van der Waals surface area (Å²) < 4.78 is 1.85. The molecule has 0 amide bonds. The van der Waals surface area contributed by atoms with Crippen molar-refractivity contribution in [2.24, 2.45) is 5.92 Å². The third-order valence-electron chi connectivity index (χ3n) is 3.45. The highest BCUT2D eigenvalue weighted by Gasteiger charge is 2.29. The molecule has 0 aromatic carbocycles. The quantitative estimate of drug-likeness (QED) is 0.765. The van der Waals surface area contributed by atoms with Crippen molar-refractivity contribution < 1.29 is 5.11 Å². The van der Waals surface area contributed by atoms with Gasteiger partial charge in [0.2, 0.25) is 0 Å². The summed E-state index contributed by atoms with van der Waals surface area (Å²) in [6.45, 7) is 5.29.